The van der Waals surface area contributed by atoms with Crippen molar-refractivity contribution in [3.8, 4) is 6.07 Å². The highest BCUT2D eigenvalue weighted by Crippen LogP contribution is 2.30. The second kappa shape index (κ2) is 4.79. The largest absolute Gasteiger partial charge is 0.381 e. The Kier molecular flexibility index (Phi) is 3.15. The molecule has 0 aromatic heterocycles. The highest BCUT2D eigenvalue weighted by atomic mass is 35.5. The summed E-state index contributed by atoms with van der Waals surface area (Å²) in [5.74, 6) is 0. The van der Waals surface area contributed by atoms with E-state index in [2.05, 4.69) is 16.3 Å². The average molecular weight is 262 g/mol. The lowest BCUT2D eigenvalue weighted by Crippen LogP contribution is -2.27. The van der Waals surface area contributed by atoms with Gasteiger partial charge in [0.1, 0.15) is 6.07 Å². The molecule has 1 aromatic carbocycles. The van der Waals surface area contributed by atoms with Crippen LogP contribution in [0.15, 0.2) is 18.2 Å². The van der Waals surface area contributed by atoms with Crippen molar-refractivity contribution in [3.05, 3.63) is 28.8 Å². The third-order valence-corrected chi connectivity index (χ3v) is 4.07. The van der Waals surface area contributed by atoms with Crippen molar-refractivity contribution < 1.29 is 0 Å². The molecular weight excluding hydrogens is 246 g/mol. The van der Waals surface area contributed by atoms with Gasteiger partial charge in [0.25, 0.3) is 0 Å². The van der Waals surface area contributed by atoms with Crippen molar-refractivity contribution in [2.45, 2.75) is 31.3 Å². The first-order chi connectivity index (χ1) is 8.76. The lowest BCUT2D eigenvalue weighted by atomic mass is 10.2. The second-order valence-corrected chi connectivity index (χ2v) is 5.57. The van der Waals surface area contributed by atoms with Gasteiger partial charge in [-0.05, 0) is 37.5 Å². The standard InChI is InChI=1S/C14H16ClN3/c15-14-4-1-11(7-10(14)8-16)17-12-5-6-18(9-12)13-2-3-13/h1,4,7,12-13,17H,2-3,5-6,9H2. The van der Waals surface area contributed by atoms with Crippen molar-refractivity contribution >= 4 is 17.3 Å². The van der Waals surface area contributed by atoms with Crippen LogP contribution in [0.4, 0.5) is 5.69 Å². The molecule has 0 bridgehead atoms. The minimum absolute atomic E-state index is 0.498. The topological polar surface area (TPSA) is 39.1 Å². The van der Waals surface area contributed by atoms with Crippen LogP contribution in [0, 0.1) is 11.3 Å². The third-order valence-electron chi connectivity index (χ3n) is 3.74. The van der Waals surface area contributed by atoms with Crippen LogP contribution in [0.2, 0.25) is 5.02 Å². The number of nitrogens with zero attached hydrogens (tertiary/aromatic N) is 2. The molecule has 1 aromatic rings. The van der Waals surface area contributed by atoms with E-state index in [4.69, 9.17) is 16.9 Å². The predicted octanol–water partition coefficient (Wildman–Crippen LogP) is 2.86. The lowest BCUT2D eigenvalue weighted by Gasteiger charge is -2.16. The number of rotatable bonds is 3. The van der Waals surface area contributed by atoms with E-state index < -0.39 is 0 Å². The summed E-state index contributed by atoms with van der Waals surface area (Å²) in [5, 5.41) is 13.0. The SMILES string of the molecule is N#Cc1cc(NC2CCN(C3CC3)C2)ccc1Cl. The molecule has 1 atom stereocenters. The van der Waals surface area contributed by atoms with Crippen LogP contribution in [0.3, 0.4) is 0 Å². The van der Waals surface area contributed by atoms with Gasteiger partial charge in [-0.1, -0.05) is 11.6 Å². The fraction of sp³-hybridized carbons (Fsp3) is 0.500. The molecule has 0 spiro atoms. The maximum atomic E-state index is 8.96. The first-order valence-corrected chi connectivity index (χ1v) is 6.84. The maximum absolute atomic E-state index is 8.96. The van der Waals surface area contributed by atoms with Crippen molar-refractivity contribution in [3.63, 3.8) is 0 Å². The average Bonchev–Trinajstić information content (AvgIpc) is 3.13. The molecular formula is C14H16ClN3. The molecule has 3 nitrogen and oxygen atoms in total. The Morgan fingerprint density at radius 2 is 2.17 bits per heavy atom. The zero-order valence-electron chi connectivity index (χ0n) is 10.2. The fourth-order valence-corrected chi connectivity index (χ4v) is 2.77. The minimum Gasteiger partial charge on any atom is -0.381 e. The van der Waals surface area contributed by atoms with Crippen molar-refractivity contribution in [2.24, 2.45) is 0 Å². The molecule has 18 heavy (non-hydrogen) atoms. The van der Waals surface area contributed by atoms with Crippen LogP contribution in [0.5, 0.6) is 0 Å². The van der Waals surface area contributed by atoms with Crippen LogP contribution in [-0.4, -0.2) is 30.1 Å². The number of nitrogens with one attached hydrogen (secondary N) is 1. The van der Waals surface area contributed by atoms with E-state index in [1.54, 1.807) is 6.07 Å². The molecule has 3 rings (SSSR count). The van der Waals surface area contributed by atoms with Gasteiger partial charge in [-0.2, -0.15) is 5.26 Å². The van der Waals surface area contributed by atoms with E-state index in [1.165, 1.54) is 25.8 Å². The Morgan fingerprint density at radius 3 is 2.89 bits per heavy atom. The van der Waals surface area contributed by atoms with Gasteiger partial charge in [-0.3, -0.25) is 4.90 Å². The van der Waals surface area contributed by atoms with Crippen LogP contribution in [-0.2, 0) is 0 Å². The van der Waals surface area contributed by atoms with E-state index in [1.807, 2.05) is 12.1 Å². The molecule has 2 aliphatic rings. The molecule has 1 N–H and O–H groups in total. The summed E-state index contributed by atoms with van der Waals surface area (Å²) in [6, 6.07) is 9.03. The van der Waals surface area contributed by atoms with Gasteiger partial charge in [-0.15, -0.1) is 0 Å². The second-order valence-electron chi connectivity index (χ2n) is 5.16. The van der Waals surface area contributed by atoms with Gasteiger partial charge < -0.3 is 5.32 Å². The molecule has 0 radical (unpaired) electrons. The zero-order valence-corrected chi connectivity index (χ0v) is 11.0. The smallest absolute Gasteiger partial charge is 0.101 e. The summed E-state index contributed by atoms with van der Waals surface area (Å²) in [6.07, 6.45) is 3.92. The third kappa shape index (κ3) is 2.45. The van der Waals surface area contributed by atoms with E-state index >= 15 is 0 Å². The monoisotopic (exact) mass is 261 g/mol. The Bertz CT molecular complexity index is 490. The number of anilines is 1. The number of nitriles is 1. The summed E-state index contributed by atoms with van der Waals surface area (Å²) in [5.41, 5.74) is 1.54. The van der Waals surface area contributed by atoms with Gasteiger partial charge in [0.15, 0.2) is 0 Å². The fourth-order valence-electron chi connectivity index (χ4n) is 2.61. The Labute approximate surface area is 112 Å². The first-order valence-electron chi connectivity index (χ1n) is 6.46. The van der Waals surface area contributed by atoms with E-state index in [9.17, 15) is 0 Å². The number of likely N-dealkylation sites (tertiary alicyclic amines) is 1. The highest BCUT2D eigenvalue weighted by Gasteiger charge is 2.34. The summed E-state index contributed by atoms with van der Waals surface area (Å²) >= 11 is 5.93. The Balaban J connectivity index is 1.64. The molecule has 1 saturated heterocycles. The highest BCUT2D eigenvalue weighted by molar-refractivity contribution is 6.31. The van der Waals surface area contributed by atoms with Crippen molar-refractivity contribution in [2.75, 3.05) is 18.4 Å². The molecule has 2 fully saturated rings. The molecule has 4 heteroatoms. The van der Waals surface area contributed by atoms with E-state index in [0.29, 0.717) is 16.6 Å². The molecule has 0 amide bonds. The summed E-state index contributed by atoms with van der Waals surface area (Å²) in [6.45, 7) is 2.32. The first kappa shape index (κ1) is 11.8. The van der Waals surface area contributed by atoms with Gasteiger partial charge in [0, 0.05) is 30.9 Å². The minimum atomic E-state index is 0.498. The van der Waals surface area contributed by atoms with Crippen molar-refractivity contribution in [1.82, 2.24) is 4.90 Å². The molecule has 1 aliphatic heterocycles. The normalized spacial score (nSPS) is 23.9. The summed E-state index contributed by atoms with van der Waals surface area (Å²) in [7, 11) is 0. The van der Waals surface area contributed by atoms with Crippen LogP contribution in [0.1, 0.15) is 24.8 Å². The van der Waals surface area contributed by atoms with Gasteiger partial charge in [-0.25, -0.2) is 0 Å². The molecule has 1 saturated carbocycles. The molecule has 1 aliphatic carbocycles. The summed E-state index contributed by atoms with van der Waals surface area (Å²) in [4.78, 5) is 2.57. The zero-order chi connectivity index (χ0) is 12.5. The Hall–Kier alpha value is -1.24. The quantitative estimate of drug-likeness (QED) is 0.909. The molecule has 1 heterocycles. The van der Waals surface area contributed by atoms with E-state index in [0.717, 1.165) is 18.3 Å². The molecule has 1 unspecified atom stereocenters. The maximum Gasteiger partial charge on any atom is 0.101 e. The van der Waals surface area contributed by atoms with Crippen molar-refractivity contribution in [1.29, 1.82) is 5.26 Å². The number of benzene rings is 1. The lowest BCUT2D eigenvalue weighted by molar-refractivity contribution is 0.326. The van der Waals surface area contributed by atoms with Gasteiger partial charge in [0.05, 0.1) is 10.6 Å². The number of halogens is 1. The van der Waals surface area contributed by atoms with Crippen LogP contribution >= 0.6 is 11.6 Å². The predicted molar refractivity (Wildman–Crippen MR) is 72.8 cm³/mol. The van der Waals surface area contributed by atoms with Gasteiger partial charge >= 0.3 is 0 Å². The number of hydrogen-bond acceptors (Lipinski definition) is 3. The Morgan fingerprint density at radius 1 is 1.33 bits per heavy atom. The van der Waals surface area contributed by atoms with Gasteiger partial charge in [0.2, 0.25) is 0 Å². The summed E-state index contributed by atoms with van der Waals surface area (Å²) < 4.78 is 0. The van der Waals surface area contributed by atoms with Crippen LogP contribution < -0.4 is 5.32 Å². The number of hydrogen-bond donors (Lipinski definition) is 1. The molecule has 94 valence electrons. The van der Waals surface area contributed by atoms with Crippen LogP contribution in [0.25, 0.3) is 0 Å². The van der Waals surface area contributed by atoms with E-state index in [-0.39, 0.29) is 0 Å².